The third-order valence-corrected chi connectivity index (χ3v) is 5.43. The summed E-state index contributed by atoms with van der Waals surface area (Å²) in [6, 6.07) is 27.6. The van der Waals surface area contributed by atoms with Gasteiger partial charge in [-0.1, -0.05) is 57.2 Å². The molecule has 2 nitrogen and oxygen atoms in total. The Balaban J connectivity index is 1.61. The van der Waals surface area contributed by atoms with Crippen LogP contribution in [0.5, 0.6) is 0 Å². The van der Waals surface area contributed by atoms with Gasteiger partial charge in [0, 0.05) is 22.5 Å². The van der Waals surface area contributed by atoms with E-state index in [4.69, 9.17) is 4.42 Å². The highest BCUT2D eigenvalue weighted by atomic mass is 16.3. The average Bonchev–Trinajstić information content (AvgIpc) is 3.10. The van der Waals surface area contributed by atoms with Crippen molar-refractivity contribution >= 4 is 21.9 Å². The smallest absolute Gasteiger partial charge is 0.135 e. The topological polar surface area (TPSA) is 26.0 Å². The van der Waals surface area contributed by atoms with Crippen LogP contribution in [-0.4, -0.2) is 4.98 Å². The minimum atomic E-state index is 0.247. The molecule has 30 heavy (non-hydrogen) atoms. The lowest BCUT2D eigenvalue weighted by atomic mass is 9.88. The van der Waals surface area contributed by atoms with E-state index >= 15 is 0 Å². The highest BCUT2D eigenvalue weighted by Gasteiger charge is 2.14. The van der Waals surface area contributed by atoms with Gasteiger partial charge in [-0.25, -0.2) is 0 Å². The summed E-state index contributed by atoms with van der Waals surface area (Å²) in [7, 11) is 0. The molecule has 0 saturated carbocycles. The number of hydrogen-bond acceptors (Lipinski definition) is 2. The fraction of sp³-hybridized carbons (Fsp3) is 0.179. The van der Waals surface area contributed by atoms with Crippen molar-refractivity contribution in [1.29, 1.82) is 0 Å². The third kappa shape index (κ3) is 3.61. The van der Waals surface area contributed by atoms with E-state index in [1.54, 1.807) is 0 Å². The molecule has 0 spiro atoms. The van der Waals surface area contributed by atoms with Crippen LogP contribution in [0.4, 0.5) is 0 Å². The van der Waals surface area contributed by atoms with Crippen LogP contribution >= 0.6 is 0 Å². The van der Waals surface area contributed by atoms with Crippen molar-refractivity contribution in [2.75, 3.05) is 0 Å². The molecule has 0 aliphatic rings. The van der Waals surface area contributed by atoms with Crippen LogP contribution in [0.3, 0.4) is 0 Å². The maximum absolute atomic E-state index is 6.10. The molecule has 5 rings (SSSR count). The largest absolute Gasteiger partial charge is 0.456 e. The van der Waals surface area contributed by atoms with E-state index in [-0.39, 0.29) is 5.41 Å². The fourth-order valence-electron chi connectivity index (χ4n) is 4.10. The molecule has 0 atom stereocenters. The van der Waals surface area contributed by atoms with Gasteiger partial charge in [0.2, 0.25) is 0 Å². The summed E-state index contributed by atoms with van der Waals surface area (Å²) in [6.07, 6.45) is 2.95. The van der Waals surface area contributed by atoms with E-state index < -0.39 is 0 Å². The number of pyridine rings is 1. The molecule has 148 valence electrons. The molecule has 0 amide bonds. The minimum Gasteiger partial charge on any atom is -0.456 e. The quantitative estimate of drug-likeness (QED) is 0.312. The van der Waals surface area contributed by atoms with Crippen LogP contribution in [0.2, 0.25) is 0 Å². The van der Waals surface area contributed by atoms with E-state index in [1.165, 1.54) is 16.7 Å². The van der Waals surface area contributed by atoms with Gasteiger partial charge in [-0.05, 0) is 71.0 Å². The molecule has 3 aromatic carbocycles. The lowest BCUT2D eigenvalue weighted by molar-refractivity contribution is 0.411. The molecule has 0 radical (unpaired) electrons. The molecule has 0 aliphatic carbocycles. The van der Waals surface area contributed by atoms with Gasteiger partial charge < -0.3 is 4.42 Å². The molecule has 0 N–H and O–H groups in total. The highest BCUT2D eigenvalue weighted by molar-refractivity contribution is 6.07. The standard InChI is InChI=1S/C28H25NO/c1-28(2,3)18-19-13-14-29-25(15-19)22-10-12-27-24(17-22)23-16-21(9-11-26(23)30-27)20-7-5-4-6-8-20/h4-17H,18H2,1-3H3. The van der Waals surface area contributed by atoms with Crippen molar-refractivity contribution in [3.05, 3.63) is 90.6 Å². The highest BCUT2D eigenvalue weighted by Crippen LogP contribution is 2.35. The number of rotatable bonds is 3. The lowest BCUT2D eigenvalue weighted by Gasteiger charge is -2.18. The Labute approximate surface area is 177 Å². The minimum absolute atomic E-state index is 0.247. The maximum atomic E-state index is 6.10. The van der Waals surface area contributed by atoms with Gasteiger partial charge in [0.1, 0.15) is 11.2 Å². The second kappa shape index (κ2) is 7.14. The SMILES string of the molecule is CC(C)(C)Cc1ccnc(-c2ccc3oc4ccc(-c5ccccc5)cc4c3c2)c1. The van der Waals surface area contributed by atoms with Crippen molar-refractivity contribution in [2.45, 2.75) is 27.2 Å². The molecular formula is C28H25NO. The van der Waals surface area contributed by atoms with Gasteiger partial charge in [-0.3, -0.25) is 4.98 Å². The molecular weight excluding hydrogens is 366 g/mol. The van der Waals surface area contributed by atoms with Gasteiger partial charge >= 0.3 is 0 Å². The average molecular weight is 392 g/mol. The number of aromatic nitrogens is 1. The third-order valence-electron chi connectivity index (χ3n) is 5.43. The predicted octanol–water partition coefficient (Wildman–Crippen LogP) is 7.90. The summed E-state index contributed by atoms with van der Waals surface area (Å²) in [6.45, 7) is 6.79. The van der Waals surface area contributed by atoms with Crippen LogP contribution in [0.1, 0.15) is 26.3 Å². The van der Waals surface area contributed by atoms with Gasteiger partial charge in [-0.2, -0.15) is 0 Å². The monoisotopic (exact) mass is 391 g/mol. The summed E-state index contributed by atoms with van der Waals surface area (Å²) < 4.78 is 6.10. The van der Waals surface area contributed by atoms with Gasteiger partial charge in [0.05, 0.1) is 5.69 Å². The number of nitrogens with zero attached hydrogens (tertiary/aromatic N) is 1. The predicted molar refractivity (Wildman–Crippen MR) is 126 cm³/mol. The lowest BCUT2D eigenvalue weighted by Crippen LogP contribution is -2.09. The maximum Gasteiger partial charge on any atom is 0.135 e. The Morgan fingerprint density at radius 2 is 1.37 bits per heavy atom. The Kier molecular flexibility index (Phi) is 4.43. The Morgan fingerprint density at radius 3 is 2.07 bits per heavy atom. The fourth-order valence-corrected chi connectivity index (χ4v) is 4.10. The molecule has 5 aromatic rings. The van der Waals surface area contributed by atoms with Crippen molar-refractivity contribution in [2.24, 2.45) is 5.41 Å². The Hall–Kier alpha value is -3.39. The molecule has 0 fully saturated rings. The van der Waals surface area contributed by atoms with Gasteiger partial charge in [-0.15, -0.1) is 0 Å². The number of fused-ring (bicyclic) bond motifs is 3. The van der Waals surface area contributed by atoms with Crippen LogP contribution in [0.15, 0.2) is 89.5 Å². The first-order valence-electron chi connectivity index (χ1n) is 10.4. The van der Waals surface area contributed by atoms with Gasteiger partial charge in [0.15, 0.2) is 0 Å². The van der Waals surface area contributed by atoms with E-state index in [9.17, 15) is 0 Å². The van der Waals surface area contributed by atoms with Gasteiger partial charge in [0.25, 0.3) is 0 Å². The number of hydrogen-bond donors (Lipinski definition) is 0. The second-order valence-corrected chi connectivity index (χ2v) is 9.18. The summed E-state index contributed by atoms with van der Waals surface area (Å²) in [4.78, 5) is 4.65. The molecule has 0 bridgehead atoms. The van der Waals surface area contributed by atoms with E-state index in [0.29, 0.717) is 0 Å². The first-order chi connectivity index (χ1) is 14.5. The normalized spacial score (nSPS) is 12.0. The zero-order valence-electron chi connectivity index (χ0n) is 17.6. The summed E-state index contributed by atoms with van der Waals surface area (Å²) in [5.74, 6) is 0. The van der Waals surface area contributed by atoms with E-state index in [0.717, 1.165) is 39.6 Å². The van der Waals surface area contributed by atoms with Crippen molar-refractivity contribution < 1.29 is 4.42 Å². The molecule has 0 unspecified atom stereocenters. The molecule has 2 heterocycles. The summed E-state index contributed by atoms with van der Waals surface area (Å²) >= 11 is 0. The first kappa shape index (κ1) is 18.6. The Morgan fingerprint density at radius 1 is 0.700 bits per heavy atom. The van der Waals surface area contributed by atoms with E-state index in [1.807, 2.05) is 12.3 Å². The second-order valence-electron chi connectivity index (χ2n) is 9.18. The van der Waals surface area contributed by atoms with Crippen LogP contribution in [-0.2, 0) is 6.42 Å². The molecule has 0 aliphatic heterocycles. The summed E-state index contributed by atoms with van der Waals surface area (Å²) in [5.41, 5.74) is 7.91. The Bertz CT molecular complexity index is 1340. The first-order valence-corrected chi connectivity index (χ1v) is 10.4. The zero-order valence-corrected chi connectivity index (χ0v) is 17.6. The van der Waals surface area contributed by atoms with Crippen molar-refractivity contribution in [3.63, 3.8) is 0 Å². The number of benzene rings is 3. The number of furan rings is 1. The summed E-state index contributed by atoms with van der Waals surface area (Å²) in [5, 5.41) is 2.27. The van der Waals surface area contributed by atoms with Crippen molar-refractivity contribution in [3.8, 4) is 22.4 Å². The molecule has 2 heteroatoms. The molecule has 0 saturated heterocycles. The van der Waals surface area contributed by atoms with Crippen LogP contribution < -0.4 is 0 Å². The zero-order chi connectivity index (χ0) is 20.7. The van der Waals surface area contributed by atoms with Crippen LogP contribution in [0.25, 0.3) is 44.3 Å². The molecule has 2 aromatic heterocycles. The van der Waals surface area contributed by atoms with Crippen LogP contribution in [0, 0.1) is 5.41 Å². The van der Waals surface area contributed by atoms with E-state index in [2.05, 4.69) is 98.6 Å². The van der Waals surface area contributed by atoms with Crippen molar-refractivity contribution in [1.82, 2.24) is 4.98 Å².